The van der Waals surface area contributed by atoms with Gasteiger partial charge in [-0.05, 0) is 36.5 Å². The van der Waals surface area contributed by atoms with Crippen molar-refractivity contribution >= 4 is 21.6 Å². The zero-order valence-corrected chi connectivity index (χ0v) is 10.2. The van der Waals surface area contributed by atoms with E-state index in [0.29, 0.717) is 0 Å². The summed E-state index contributed by atoms with van der Waals surface area (Å²) in [6.07, 6.45) is 3.31. The lowest BCUT2D eigenvalue weighted by Gasteiger charge is -2.17. The second-order valence-corrected chi connectivity index (χ2v) is 4.67. The SMILES string of the molecule is CCN(CC)CCc1c[nH]c2ccsc12. The molecule has 2 heterocycles. The van der Waals surface area contributed by atoms with E-state index in [1.165, 1.54) is 15.8 Å². The standard InChI is InChI=1S/C12H18N2S/c1-3-14(4-2)7-5-10-9-13-11-6-8-15-12(10)11/h6,8-9,13H,3-5,7H2,1-2H3. The minimum atomic E-state index is 1.15. The van der Waals surface area contributed by atoms with Gasteiger partial charge in [0.15, 0.2) is 0 Å². The Labute approximate surface area is 94.9 Å². The molecule has 2 aromatic heterocycles. The Hall–Kier alpha value is -0.800. The van der Waals surface area contributed by atoms with E-state index in [2.05, 4.69) is 41.4 Å². The largest absolute Gasteiger partial charge is 0.360 e. The van der Waals surface area contributed by atoms with Crippen molar-refractivity contribution in [2.24, 2.45) is 0 Å². The van der Waals surface area contributed by atoms with Crippen LogP contribution in [0.25, 0.3) is 10.2 Å². The molecule has 1 N–H and O–H groups in total. The molecule has 0 radical (unpaired) electrons. The molecule has 2 nitrogen and oxygen atoms in total. The van der Waals surface area contributed by atoms with Crippen molar-refractivity contribution in [2.45, 2.75) is 20.3 Å². The van der Waals surface area contributed by atoms with Crippen LogP contribution in [0.4, 0.5) is 0 Å². The first-order chi connectivity index (χ1) is 7.35. The van der Waals surface area contributed by atoms with Crippen molar-refractivity contribution in [1.29, 1.82) is 0 Å². The van der Waals surface area contributed by atoms with Crippen LogP contribution < -0.4 is 0 Å². The third-order valence-corrected chi connectivity index (χ3v) is 3.94. The summed E-state index contributed by atoms with van der Waals surface area (Å²) in [5.41, 5.74) is 2.75. The van der Waals surface area contributed by atoms with Crippen LogP contribution in [0.3, 0.4) is 0 Å². The van der Waals surface area contributed by atoms with Crippen molar-refractivity contribution in [3.63, 3.8) is 0 Å². The maximum Gasteiger partial charge on any atom is 0.0566 e. The number of nitrogens with one attached hydrogen (secondary N) is 1. The third-order valence-electron chi connectivity index (χ3n) is 2.95. The van der Waals surface area contributed by atoms with Gasteiger partial charge in [0, 0.05) is 12.7 Å². The molecule has 3 heteroatoms. The van der Waals surface area contributed by atoms with Gasteiger partial charge in [0.25, 0.3) is 0 Å². The molecule has 0 unspecified atom stereocenters. The molecule has 0 aliphatic heterocycles. The highest BCUT2D eigenvalue weighted by Gasteiger charge is 2.06. The monoisotopic (exact) mass is 222 g/mol. The van der Waals surface area contributed by atoms with Gasteiger partial charge in [-0.3, -0.25) is 0 Å². The number of aromatic amines is 1. The zero-order valence-electron chi connectivity index (χ0n) is 9.42. The molecule has 0 saturated heterocycles. The number of rotatable bonds is 5. The number of aromatic nitrogens is 1. The fraction of sp³-hybridized carbons (Fsp3) is 0.500. The Bertz CT molecular complexity index is 412. The minimum Gasteiger partial charge on any atom is -0.360 e. The lowest BCUT2D eigenvalue weighted by Crippen LogP contribution is -2.25. The summed E-state index contributed by atoms with van der Waals surface area (Å²) in [5, 5.41) is 2.15. The van der Waals surface area contributed by atoms with E-state index in [9.17, 15) is 0 Å². The number of hydrogen-bond acceptors (Lipinski definition) is 2. The number of thiophene rings is 1. The first-order valence-electron chi connectivity index (χ1n) is 5.61. The van der Waals surface area contributed by atoms with Gasteiger partial charge in [-0.25, -0.2) is 0 Å². The minimum absolute atomic E-state index is 1.15. The van der Waals surface area contributed by atoms with Crippen molar-refractivity contribution in [3.8, 4) is 0 Å². The van der Waals surface area contributed by atoms with E-state index in [1.807, 2.05) is 11.3 Å². The van der Waals surface area contributed by atoms with Gasteiger partial charge in [0.1, 0.15) is 0 Å². The molecule has 0 fully saturated rings. The molecule has 2 aromatic rings. The summed E-state index contributed by atoms with van der Waals surface area (Å²) >= 11 is 1.84. The van der Waals surface area contributed by atoms with E-state index in [4.69, 9.17) is 0 Å². The summed E-state index contributed by atoms with van der Waals surface area (Å²) in [7, 11) is 0. The van der Waals surface area contributed by atoms with Crippen LogP contribution >= 0.6 is 11.3 Å². The highest BCUT2D eigenvalue weighted by molar-refractivity contribution is 7.17. The highest BCUT2D eigenvalue weighted by Crippen LogP contribution is 2.24. The Morgan fingerprint density at radius 1 is 1.33 bits per heavy atom. The molecule has 2 rings (SSSR count). The normalized spacial score (nSPS) is 11.7. The molecule has 0 bridgehead atoms. The predicted molar refractivity (Wildman–Crippen MR) is 67.7 cm³/mol. The summed E-state index contributed by atoms with van der Waals surface area (Å²) in [5.74, 6) is 0. The van der Waals surface area contributed by atoms with Crippen LogP contribution in [0.5, 0.6) is 0 Å². The molecule has 0 amide bonds. The summed E-state index contributed by atoms with van der Waals surface area (Å²) < 4.78 is 1.43. The van der Waals surface area contributed by atoms with Gasteiger partial charge in [0.05, 0.1) is 10.2 Å². The summed E-state index contributed by atoms with van der Waals surface area (Å²) in [6.45, 7) is 7.91. The van der Waals surface area contributed by atoms with Crippen molar-refractivity contribution in [2.75, 3.05) is 19.6 Å². The van der Waals surface area contributed by atoms with Crippen LogP contribution in [-0.2, 0) is 6.42 Å². The van der Waals surface area contributed by atoms with Crippen LogP contribution in [-0.4, -0.2) is 29.5 Å². The van der Waals surface area contributed by atoms with Crippen LogP contribution in [0.1, 0.15) is 19.4 Å². The fourth-order valence-electron chi connectivity index (χ4n) is 1.91. The molecule has 0 atom stereocenters. The van der Waals surface area contributed by atoms with Crippen LogP contribution in [0.2, 0.25) is 0 Å². The smallest absolute Gasteiger partial charge is 0.0566 e. The Balaban J connectivity index is 2.03. The highest BCUT2D eigenvalue weighted by atomic mass is 32.1. The Morgan fingerprint density at radius 3 is 2.87 bits per heavy atom. The van der Waals surface area contributed by atoms with Crippen molar-refractivity contribution in [1.82, 2.24) is 9.88 Å². The maximum atomic E-state index is 3.32. The fourth-order valence-corrected chi connectivity index (χ4v) is 2.81. The molecule has 0 saturated carbocycles. The number of fused-ring (bicyclic) bond motifs is 1. The lowest BCUT2D eigenvalue weighted by molar-refractivity contribution is 0.308. The lowest BCUT2D eigenvalue weighted by atomic mass is 10.2. The maximum absolute atomic E-state index is 3.32. The van der Waals surface area contributed by atoms with E-state index >= 15 is 0 Å². The Kier molecular flexibility index (Phi) is 3.44. The van der Waals surface area contributed by atoms with Gasteiger partial charge in [-0.2, -0.15) is 0 Å². The van der Waals surface area contributed by atoms with Gasteiger partial charge in [-0.15, -0.1) is 11.3 Å². The van der Waals surface area contributed by atoms with E-state index in [1.54, 1.807) is 0 Å². The molecule has 15 heavy (non-hydrogen) atoms. The summed E-state index contributed by atoms with van der Waals surface area (Å²) in [4.78, 5) is 5.78. The number of likely N-dealkylation sites (N-methyl/N-ethyl adjacent to an activating group) is 1. The predicted octanol–water partition coefficient (Wildman–Crippen LogP) is 3.11. The number of nitrogens with zero attached hydrogens (tertiary/aromatic N) is 1. The number of hydrogen-bond donors (Lipinski definition) is 1. The average Bonchev–Trinajstić information content (AvgIpc) is 2.83. The first-order valence-corrected chi connectivity index (χ1v) is 6.49. The topological polar surface area (TPSA) is 19.0 Å². The van der Waals surface area contributed by atoms with Crippen molar-refractivity contribution < 1.29 is 0 Å². The number of H-pyrrole nitrogens is 1. The molecular formula is C12H18N2S. The van der Waals surface area contributed by atoms with Crippen molar-refractivity contribution in [3.05, 3.63) is 23.2 Å². The molecule has 0 spiro atoms. The second-order valence-electron chi connectivity index (χ2n) is 3.75. The third kappa shape index (κ3) is 2.24. The van der Waals surface area contributed by atoms with E-state index in [0.717, 1.165) is 26.1 Å². The first kappa shape index (κ1) is 10.7. The Morgan fingerprint density at radius 2 is 2.13 bits per heavy atom. The molecule has 0 aliphatic rings. The van der Waals surface area contributed by atoms with Crippen LogP contribution in [0.15, 0.2) is 17.6 Å². The summed E-state index contributed by atoms with van der Waals surface area (Å²) in [6, 6.07) is 2.15. The molecule has 82 valence electrons. The van der Waals surface area contributed by atoms with E-state index in [-0.39, 0.29) is 0 Å². The van der Waals surface area contributed by atoms with Gasteiger partial charge >= 0.3 is 0 Å². The van der Waals surface area contributed by atoms with Gasteiger partial charge < -0.3 is 9.88 Å². The molecule has 0 aromatic carbocycles. The van der Waals surface area contributed by atoms with E-state index < -0.39 is 0 Å². The average molecular weight is 222 g/mol. The van der Waals surface area contributed by atoms with Gasteiger partial charge in [-0.1, -0.05) is 13.8 Å². The molecular weight excluding hydrogens is 204 g/mol. The van der Waals surface area contributed by atoms with Crippen LogP contribution in [0, 0.1) is 0 Å². The second kappa shape index (κ2) is 4.81. The zero-order chi connectivity index (χ0) is 10.7. The molecule has 0 aliphatic carbocycles. The quantitative estimate of drug-likeness (QED) is 0.823. The van der Waals surface area contributed by atoms with Gasteiger partial charge in [0.2, 0.25) is 0 Å².